The first-order chi connectivity index (χ1) is 13.9. The molecule has 0 unspecified atom stereocenters. The predicted molar refractivity (Wildman–Crippen MR) is 106 cm³/mol. The highest BCUT2D eigenvalue weighted by molar-refractivity contribution is 7.98. The summed E-state index contributed by atoms with van der Waals surface area (Å²) in [6.07, 6.45) is 0. The smallest absolute Gasteiger partial charge is 0.285 e. The molecule has 2 aromatic carbocycles. The molecule has 0 aliphatic carbocycles. The molecule has 0 aliphatic rings. The number of rotatable bonds is 5. The molecule has 10 heteroatoms. The van der Waals surface area contributed by atoms with Gasteiger partial charge in [-0.2, -0.15) is 9.61 Å². The Bertz CT molecular complexity index is 1280. The molecule has 0 amide bonds. The van der Waals surface area contributed by atoms with Crippen LogP contribution in [0.1, 0.15) is 11.3 Å². The van der Waals surface area contributed by atoms with Crippen molar-refractivity contribution in [2.45, 2.75) is 17.8 Å². The number of hydrogen-bond acceptors (Lipinski definition) is 6. The number of aromatic nitrogens is 4. The average molecular weight is 411 g/mol. The van der Waals surface area contributed by atoms with E-state index in [1.807, 2.05) is 0 Å². The Morgan fingerprint density at radius 2 is 2.00 bits per heavy atom. The monoisotopic (exact) mass is 411 g/mol. The second-order valence-electron chi connectivity index (χ2n) is 6.27. The van der Waals surface area contributed by atoms with Crippen LogP contribution >= 0.6 is 11.8 Å². The molecule has 0 atom stereocenters. The van der Waals surface area contributed by atoms with Gasteiger partial charge in [-0.3, -0.25) is 15.1 Å². The van der Waals surface area contributed by atoms with Crippen molar-refractivity contribution in [1.82, 2.24) is 19.6 Å². The molecule has 29 heavy (non-hydrogen) atoms. The zero-order valence-electron chi connectivity index (χ0n) is 15.1. The predicted octanol–water partition coefficient (Wildman–Crippen LogP) is 3.73. The Balaban J connectivity index is 1.70. The first-order valence-corrected chi connectivity index (χ1v) is 9.52. The van der Waals surface area contributed by atoms with Crippen molar-refractivity contribution >= 4 is 23.1 Å². The van der Waals surface area contributed by atoms with E-state index < -0.39 is 10.6 Å². The highest BCUT2D eigenvalue weighted by atomic mass is 32.2. The zero-order chi connectivity index (χ0) is 20.5. The number of non-ortho nitro benzene ring substituents is 1. The highest BCUT2D eigenvalue weighted by Crippen LogP contribution is 2.28. The van der Waals surface area contributed by atoms with Gasteiger partial charge >= 0.3 is 5.69 Å². The first-order valence-electron chi connectivity index (χ1n) is 8.54. The second-order valence-corrected chi connectivity index (χ2v) is 7.23. The Morgan fingerprint density at radius 1 is 1.24 bits per heavy atom. The molecule has 146 valence electrons. The molecule has 1 N–H and O–H groups in total. The topological polar surface area (TPSA) is 106 Å². The third kappa shape index (κ3) is 3.74. The van der Waals surface area contributed by atoms with Gasteiger partial charge in [-0.05, 0) is 30.2 Å². The maximum Gasteiger partial charge on any atom is 0.350 e. The second kappa shape index (κ2) is 7.47. The van der Waals surface area contributed by atoms with Crippen molar-refractivity contribution in [3.05, 3.63) is 86.2 Å². The van der Waals surface area contributed by atoms with Crippen LogP contribution in [-0.2, 0) is 5.75 Å². The number of H-pyrrole nitrogens is 1. The summed E-state index contributed by atoms with van der Waals surface area (Å²) >= 11 is 1.25. The largest absolute Gasteiger partial charge is 0.350 e. The Labute approximate surface area is 167 Å². The number of thioether (sulfide) groups is 1. The fourth-order valence-corrected chi connectivity index (χ4v) is 3.76. The first kappa shape index (κ1) is 18.8. The van der Waals surface area contributed by atoms with Gasteiger partial charge < -0.3 is 0 Å². The van der Waals surface area contributed by atoms with Crippen molar-refractivity contribution in [3.63, 3.8) is 0 Å². The molecular weight excluding hydrogens is 397 g/mol. The van der Waals surface area contributed by atoms with E-state index in [9.17, 15) is 19.3 Å². The number of nitrogens with zero attached hydrogens (tertiary/aromatic N) is 4. The van der Waals surface area contributed by atoms with Crippen LogP contribution in [0, 0.1) is 22.9 Å². The summed E-state index contributed by atoms with van der Waals surface area (Å²) in [4.78, 5) is 30.1. The third-order valence-electron chi connectivity index (χ3n) is 4.28. The lowest BCUT2D eigenvalue weighted by Crippen LogP contribution is -2.19. The molecule has 0 saturated carbocycles. The fraction of sp³-hybridized carbons (Fsp3) is 0.105. The Morgan fingerprint density at radius 3 is 2.72 bits per heavy atom. The Hall–Kier alpha value is -3.53. The number of benzene rings is 2. The molecule has 0 spiro atoms. The van der Waals surface area contributed by atoms with E-state index in [0.29, 0.717) is 33.4 Å². The average Bonchev–Trinajstić information content (AvgIpc) is 3.04. The van der Waals surface area contributed by atoms with Gasteiger partial charge in [0, 0.05) is 23.4 Å². The van der Waals surface area contributed by atoms with Crippen LogP contribution < -0.4 is 5.69 Å². The van der Waals surface area contributed by atoms with E-state index >= 15 is 0 Å². The van der Waals surface area contributed by atoms with Crippen molar-refractivity contribution in [2.75, 3.05) is 0 Å². The van der Waals surface area contributed by atoms with Gasteiger partial charge in [0.15, 0.2) is 10.8 Å². The van der Waals surface area contributed by atoms with Crippen molar-refractivity contribution < 1.29 is 9.31 Å². The van der Waals surface area contributed by atoms with Crippen molar-refractivity contribution in [1.29, 1.82) is 0 Å². The summed E-state index contributed by atoms with van der Waals surface area (Å²) in [6.45, 7) is 1.75. The molecule has 4 rings (SSSR count). The number of hydrogen-bond donors (Lipinski definition) is 1. The summed E-state index contributed by atoms with van der Waals surface area (Å²) in [5.74, 6) is 0.0293. The van der Waals surface area contributed by atoms with Crippen LogP contribution in [0.15, 0.2) is 58.5 Å². The molecule has 8 nitrogen and oxygen atoms in total. The fourth-order valence-electron chi connectivity index (χ4n) is 2.96. The maximum atomic E-state index is 13.3. The molecule has 4 aromatic rings. The zero-order valence-corrected chi connectivity index (χ0v) is 15.9. The number of aromatic amines is 1. The number of fused-ring (bicyclic) bond motifs is 1. The third-order valence-corrected chi connectivity index (χ3v) is 5.22. The summed E-state index contributed by atoms with van der Waals surface area (Å²) in [5.41, 5.74) is 2.59. The van der Waals surface area contributed by atoms with E-state index in [4.69, 9.17) is 0 Å². The molecule has 2 aromatic heterocycles. The SMILES string of the molecule is Cc1nn2c(=O)[nH]c(SCc3cccc([N+](=O)[O-])c3)nc2c1-c1ccc(F)cc1. The van der Waals surface area contributed by atoms with E-state index in [1.165, 1.54) is 40.5 Å². The maximum absolute atomic E-state index is 13.3. The lowest BCUT2D eigenvalue weighted by Gasteiger charge is -2.04. The van der Waals surface area contributed by atoms with Crippen LogP contribution in [0.3, 0.4) is 0 Å². The molecule has 0 fully saturated rings. The van der Waals surface area contributed by atoms with Gasteiger partial charge in [0.2, 0.25) is 0 Å². The van der Waals surface area contributed by atoms with E-state index in [2.05, 4.69) is 15.1 Å². The minimum absolute atomic E-state index is 0.00464. The molecule has 0 aliphatic heterocycles. The molecular formula is C19H14FN5O3S. The lowest BCUT2D eigenvalue weighted by molar-refractivity contribution is -0.384. The summed E-state index contributed by atoms with van der Waals surface area (Å²) < 4.78 is 14.4. The van der Waals surface area contributed by atoms with Gasteiger partial charge in [0.05, 0.1) is 10.6 Å². The van der Waals surface area contributed by atoms with Crippen molar-refractivity contribution in [3.8, 4) is 11.1 Å². The van der Waals surface area contributed by atoms with Gasteiger partial charge in [-0.1, -0.05) is 36.0 Å². The van der Waals surface area contributed by atoms with Crippen LogP contribution in [0.4, 0.5) is 10.1 Å². The molecule has 0 radical (unpaired) electrons. The van der Waals surface area contributed by atoms with Crippen LogP contribution in [-0.4, -0.2) is 24.5 Å². The van der Waals surface area contributed by atoms with Crippen LogP contribution in [0.5, 0.6) is 0 Å². The van der Waals surface area contributed by atoms with E-state index in [0.717, 1.165) is 5.56 Å². The van der Waals surface area contributed by atoms with Gasteiger partial charge in [0.25, 0.3) is 5.69 Å². The van der Waals surface area contributed by atoms with Gasteiger partial charge in [0.1, 0.15) is 5.82 Å². The summed E-state index contributed by atoms with van der Waals surface area (Å²) in [6, 6.07) is 12.2. The number of nitrogens with one attached hydrogen (secondary N) is 1. The number of aryl methyl sites for hydroxylation is 1. The molecule has 0 saturated heterocycles. The van der Waals surface area contributed by atoms with Crippen molar-refractivity contribution in [2.24, 2.45) is 0 Å². The van der Waals surface area contributed by atoms with E-state index in [-0.39, 0.29) is 11.5 Å². The van der Waals surface area contributed by atoms with E-state index in [1.54, 1.807) is 31.2 Å². The standard InChI is InChI=1S/C19H14FN5O3S/c1-11-16(13-5-7-14(20)8-6-13)17-21-18(22-19(26)24(17)23-11)29-10-12-3-2-4-15(9-12)25(27)28/h2-9H,10H2,1H3,(H,21,22,26). The highest BCUT2D eigenvalue weighted by Gasteiger charge is 2.16. The minimum Gasteiger partial charge on any atom is -0.285 e. The van der Waals surface area contributed by atoms with Crippen LogP contribution in [0.2, 0.25) is 0 Å². The summed E-state index contributed by atoms with van der Waals surface area (Å²) in [5, 5.41) is 15.5. The van der Waals surface area contributed by atoms with Crippen LogP contribution in [0.25, 0.3) is 16.8 Å². The van der Waals surface area contributed by atoms with Gasteiger partial charge in [-0.25, -0.2) is 14.2 Å². The van der Waals surface area contributed by atoms with Gasteiger partial charge in [-0.15, -0.1) is 0 Å². The normalized spacial score (nSPS) is 11.1. The summed E-state index contributed by atoms with van der Waals surface area (Å²) in [7, 11) is 0. The number of nitro groups is 1. The number of nitro benzene ring substituents is 1. The molecule has 2 heterocycles. The lowest BCUT2D eigenvalue weighted by atomic mass is 10.1. The number of halogens is 1. The molecule has 0 bridgehead atoms. The quantitative estimate of drug-likeness (QED) is 0.305. The Kier molecular flexibility index (Phi) is 4.85. The minimum atomic E-state index is -0.454.